The summed E-state index contributed by atoms with van der Waals surface area (Å²) in [7, 11) is 1.35. The summed E-state index contributed by atoms with van der Waals surface area (Å²) in [5.74, 6) is -0.985. The SMILES string of the molecule is COC(=O)C(C)CC(Cc1ccccc1)NC(=O)c1csc(C(CC(NC(=O)CC2CC2)C(C)C)OC(C)=O)n1. The van der Waals surface area contributed by atoms with Gasteiger partial charge in [-0.25, -0.2) is 4.98 Å². The number of benzene rings is 1. The van der Waals surface area contributed by atoms with Crippen molar-refractivity contribution < 1.29 is 28.7 Å². The van der Waals surface area contributed by atoms with E-state index in [9.17, 15) is 19.2 Å². The predicted molar refractivity (Wildman–Crippen MR) is 153 cm³/mol. The van der Waals surface area contributed by atoms with Crippen LogP contribution < -0.4 is 10.6 Å². The molecule has 10 heteroatoms. The Kier molecular flexibility index (Phi) is 11.7. The van der Waals surface area contributed by atoms with Crippen LogP contribution in [0.4, 0.5) is 0 Å². The predicted octanol–water partition coefficient (Wildman–Crippen LogP) is 4.62. The maximum absolute atomic E-state index is 13.3. The number of carbonyl (C=O) groups excluding carboxylic acids is 4. The zero-order valence-electron chi connectivity index (χ0n) is 24.0. The Morgan fingerprint density at radius 3 is 2.35 bits per heavy atom. The van der Waals surface area contributed by atoms with E-state index in [1.807, 2.05) is 44.2 Å². The van der Waals surface area contributed by atoms with Crippen molar-refractivity contribution in [1.82, 2.24) is 15.6 Å². The molecule has 1 aliphatic rings. The summed E-state index contributed by atoms with van der Waals surface area (Å²) >= 11 is 1.24. The topological polar surface area (TPSA) is 124 Å². The van der Waals surface area contributed by atoms with Crippen molar-refractivity contribution in [3.63, 3.8) is 0 Å². The van der Waals surface area contributed by atoms with Gasteiger partial charge in [-0.3, -0.25) is 19.2 Å². The fourth-order valence-corrected chi connectivity index (χ4v) is 5.43. The monoisotopic (exact) mass is 571 g/mol. The molecule has 1 saturated carbocycles. The van der Waals surface area contributed by atoms with Crippen molar-refractivity contribution in [2.24, 2.45) is 17.8 Å². The molecule has 218 valence electrons. The van der Waals surface area contributed by atoms with E-state index in [0.717, 1.165) is 18.4 Å². The zero-order chi connectivity index (χ0) is 29.2. The van der Waals surface area contributed by atoms with E-state index in [4.69, 9.17) is 9.47 Å². The van der Waals surface area contributed by atoms with Crippen molar-refractivity contribution in [3.8, 4) is 0 Å². The average Bonchev–Trinajstić information content (AvgIpc) is 3.57. The average molecular weight is 572 g/mol. The van der Waals surface area contributed by atoms with E-state index >= 15 is 0 Å². The number of nitrogens with one attached hydrogen (secondary N) is 2. The molecular formula is C30H41N3O6S. The van der Waals surface area contributed by atoms with Crippen LogP contribution in [-0.2, 0) is 30.3 Å². The van der Waals surface area contributed by atoms with Crippen molar-refractivity contribution in [2.45, 2.75) is 84.4 Å². The van der Waals surface area contributed by atoms with E-state index < -0.39 is 18.0 Å². The molecule has 1 fully saturated rings. The highest BCUT2D eigenvalue weighted by Gasteiger charge is 2.30. The third kappa shape index (κ3) is 10.0. The Morgan fingerprint density at radius 2 is 1.75 bits per heavy atom. The largest absolute Gasteiger partial charge is 0.469 e. The number of nitrogens with zero attached hydrogens (tertiary/aromatic N) is 1. The third-order valence-corrected chi connectivity index (χ3v) is 7.97. The van der Waals surface area contributed by atoms with Gasteiger partial charge < -0.3 is 20.1 Å². The van der Waals surface area contributed by atoms with Crippen LogP contribution in [0.1, 0.15) is 87.0 Å². The number of ether oxygens (including phenoxy) is 2. The van der Waals surface area contributed by atoms with Crippen LogP contribution >= 0.6 is 11.3 Å². The number of carbonyl (C=O) groups is 4. The van der Waals surface area contributed by atoms with Gasteiger partial charge in [0, 0.05) is 37.2 Å². The van der Waals surface area contributed by atoms with Gasteiger partial charge in [-0.05, 0) is 43.1 Å². The van der Waals surface area contributed by atoms with E-state index in [1.165, 1.54) is 25.4 Å². The summed E-state index contributed by atoms with van der Waals surface area (Å²) < 4.78 is 10.5. The van der Waals surface area contributed by atoms with Crippen LogP contribution in [0, 0.1) is 17.8 Å². The van der Waals surface area contributed by atoms with E-state index in [0.29, 0.717) is 36.6 Å². The molecule has 0 bridgehead atoms. The number of rotatable bonds is 15. The molecule has 1 aromatic heterocycles. The van der Waals surface area contributed by atoms with Gasteiger partial charge in [0.2, 0.25) is 5.91 Å². The summed E-state index contributed by atoms with van der Waals surface area (Å²) in [5, 5.41) is 8.26. The number of aromatic nitrogens is 1. The Bertz CT molecular complexity index is 1150. The molecule has 40 heavy (non-hydrogen) atoms. The van der Waals surface area contributed by atoms with Gasteiger partial charge in [0.1, 0.15) is 10.7 Å². The molecule has 0 saturated heterocycles. The maximum atomic E-state index is 13.3. The van der Waals surface area contributed by atoms with Crippen molar-refractivity contribution in [3.05, 3.63) is 52.0 Å². The van der Waals surface area contributed by atoms with Crippen LogP contribution in [0.3, 0.4) is 0 Å². The quantitative estimate of drug-likeness (QED) is 0.299. The summed E-state index contributed by atoms with van der Waals surface area (Å²) in [4.78, 5) is 54.3. The molecule has 9 nitrogen and oxygen atoms in total. The number of esters is 2. The molecule has 1 heterocycles. The second-order valence-corrected chi connectivity index (χ2v) is 11.9. The molecule has 3 rings (SSSR count). The lowest BCUT2D eigenvalue weighted by Gasteiger charge is -2.26. The Morgan fingerprint density at radius 1 is 1.05 bits per heavy atom. The lowest BCUT2D eigenvalue weighted by atomic mass is 9.96. The molecule has 0 spiro atoms. The highest BCUT2D eigenvalue weighted by molar-refractivity contribution is 7.09. The second-order valence-electron chi connectivity index (χ2n) is 11.0. The molecule has 4 atom stereocenters. The first kappa shape index (κ1) is 31.3. The van der Waals surface area contributed by atoms with Crippen molar-refractivity contribution >= 4 is 35.1 Å². The molecule has 2 amide bonds. The van der Waals surface area contributed by atoms with Gasteiger partial charge in [0.15, 0.2) is 6.10 Å². The van der Waals surface area contributed by atoms with E-state index in [1.54, 1.807) is 12.3 Å². The highest BCUT2D eigenvalue weighted by Crippen LogP contribution is 2.33. The maximum Gasteiger partial charge on any atom is 0.308 e. The fourth-order valence-electron chi connectivity index (χ4n) is 4.59. The highest BCUT2D eigenvalue weighted by atomic mass is 32.1. The molecule has 2 N–H and O–H groups in total. The molecule has 1 aliphatic carbocycles. The van der Waals surface area contributed by atoms with Crippen molar-refractivity contribution in [1.29, 1.82) is 0 Å². The third-order valence-electron chi connectivity index (χ3n) is 7.03. The van der Waals surface area contributed by atoms with E-state index in [-0.39, 0.29) is 41.5 Å². The summed E-state index contributed by atoms with van der Waals surface area (Å²) in [6.07, 6.45) is 3.30. The number of amides is 2. The molecular weight excluding hydrogens is 530 g/mol. The van der Waals surface area contributed by atoms with Crippen LogP contribution in [0.2, 0.25) is 0 Å². The molecule has 4 unspecified atom stereocenters. The van der Waals surface area contributed by atoms with Gasteiger partial charge in [-0.15, -0.1) is 11.3 Å². The van der Waals surface area contributed by atoms with Gasteiger partial charge >= 0.3 is 11.9 Å². The second kappa shape index (κ2) is 14.9. The fraction of sp³-hybridized carbons (Fsp3) is 0.567. The zero-order valence-corrected chi connectivity index (χ0v) is 24.8. The Balaban J connectivity index is 1.72. The first-order valence-electron chi connectivity index (χ1n) is 13.9. The lowest BCUT2D eigenvalue weighted by molar-refractivity contribution is -0.147. The van der Waals surface area contributed by atoms with Gasteiger partial charge in [0.25, 0.3) is 5.91 Å². The summed E-state index contributed by atoms with van der Waals surface area (Å²) in [6.45, 7) is 7.13. The molecule has 2 aromatic rings. The smallest absolute Gasteiger partial charge is 0.308 e. The van der Waals surface area contributed by atoms with Gasteiger partial charge in [-0.2, -0.15) is 0 Å². The molecule has 0 radical (unpaired) electrons. The van der Waals surface area contributed by atoms with Crippen LogP contribution in [0.25, 0.3) is 0 Å². The number of methoxy groups -OCH3 is 1. The standard InChI is InChI=1S/C30H41N3O6S/c1-18(2)24(32-27(35)15-22-11-12-22)16-26(39-20(4)34)29-33-25(17-40-29)28(36)31-23(13-19(3)30(37)38-5)14-21-9-7-6-8-10-21/h6-10,17-19,22-24,26H,11-16H2,1-5H3,(H,31,36)(H,32,35). The first-order valence-corrected chi connectivity index (χ1v) is 14.8. The Labute approximate surface area is 240 Å². The molecule has 1 aromatic carbocycles. The minimum Gasteiger partial charge on any atom is -0.469 e. The minimum atomic E-state index is -0.697. The van der Waals surface area contributed by atoms with Crippen LogP contribution in [0.5, 0.6) is 0 Å². The number of thiazole rings is 1. The number of hydrogen-bond donors (Lipinski definition) is 2. The first-order chi connectivity index (χ1) is 19.0. The molecule has 0 aliphatic heterocycles. The van der Waals surface area contributed by atoms with Crippen molar-refractivity contribution in [2.75, 3.05) is 7.11 Å². The van der Waals surface area contributed by atoms with Crippen LogP contribution in [0.15, 0.2) is 35.7 Å². The van der Waals surface area contributed by atoms with Crippen LogP contribution in [-0.4, -0.2) is 47.9 Å². The summed E-state index contributed by atoms with van der Waals surface area (Å²) in [6, 6.07) is 9.18. The Hall–Kier alpha value is -3.27. The number of hydrogen-bond acceptors (Lipinski definition) is 8. The van der Waals surface area contributed by atoms with E-state index in [2.05, 4.69) is 15.6 Å². The minimum absolute atomic E-state index is 0.00706. The van der Waals surface area contributed by atoms with Gasteiger partial charge in [-0.1, -0.05) is 51.1 Å². The summed E-state index contributed by atoms with van der Waals surface area (Å²) in [5.41, 5.74) is 1.24. The lowest BCUT2D eigenvalue weighted by Crippen LogP contribution is -2.40. The normalized spacial score (nSPS) is 15.9. The van der Waals surface area contributed by atoms with Gasteiger partial charge in [0.05, 0.1) is 13.0 Å².